The van der Waals surface area contributed by atoms with E-state index < -0.39 is 0 Å². The van der Waals surface area contributed by atoms with Gasteiger partial charge in [-0.15, -0.1) is 17.0 Å². The fourth-order valence-corrected chi connectivity index (χ4v) is 0.899. The van der Waals surface area contributed by atoms with E-state index in [1.54, 1.807) is 0 Å². The minimum Gasteiger partial charge on any atom is -0.114 e. The quantitative estimate of drug-likeness (QED) is 0.624. The van der Waals surface area contributed by atoms with Gasteiger partial charge in [0.25, 0.3) is 0 Å². The number of unbranched alkanes of at least 4 members (excludes halogenated alkanes) is 1. The Kier molecular flexibility index (Phi) is 4.63. The summed E-state index contributed by atoms with van der Waals surface area (Å²) in [7, 11) is 0. The Bertz CT molecular complexity index is 48.3. The zero-order chi connectivity index (χ0) is 5.11. The first-order valence-electron chi connectivity index (χ1n) is 3.43. The van der Waals surface area contributed by atoms with E-state index in [9.17, 15) is 0 Å². The van der Waals surface area contributed by atoms with Crippen molar-refractivity contribution in [1.29, 1.82) is 0 Å². The normalized spacial score (nSPS) is 17.6. The Morgan fingerprint density at radius 3 is 2.38 bits per heavy atom. The molecule has 0 aromatic carbocycles. The molecule has 1 rings (SSSR count). The smallest absolute Gasteiger partial charge is 0.0414 e. The fourth-order valence-electron chi connectivity index (χ4n) is 0.899. The third kappa shape index (κ3) is 3.48. The Balaban J connectivity index is 0.000000490. The van der Waals surface area contributed by atoms with E-state index in [-0.39, 0.29) is 17.0 Å². The Morgan fingerprint density at radius 1 is 1.38 bits per heavy atom. The summed E-state index contributed by atoms with van der Waals surface area (Å²) in [6, 6.07) is 0. The summed E-state index contributed by atoms with van der Waals surface area (Å²) in [6.45, 7) is 2.27. The van der Waals surface area contributed by atoms with Crippen LogP contribution in [0.15, 0.2) is 0 Å². The van der Waals surface area contributed by atoms with Gasteiger partial charge in [-0.2, -0.15) is 0 Å². The van der Waals surface area contributed by atoms with Crippen molar-refractivity contribution in [2.45, 2.75) is 39.0 Å². The van der Waals surface area contributed by atoms with Crippen LogP contribution in [0.25, 0.3) is 0 Å². The summed E-state index contributed by atoms with van der Waals surface area (Å²) in [5.74, 6) is 1.15. The van der Waals surface area contributed by atoms with Crippen molar-refractivity contribution in [1.82, 2.24) is 0 Å². The Morgan fingerprint density at radius 2 is 2.00 bits per heavy atom. The summed E-state index contributed by atoms with van der Waals surface area (Å²) in [5.41, 5.74) is 0. The molecule has 0 spiro atoms. The van der Waals surface area contributed by atoms with Crippen molar-refractivity contribution in [2.24, 2.45) is 5.92 Å². The minimum absolute atomic E-state index is 0. The van der Waals surface area contributed by atoms with E-state index in [1.165, 1.54) is 32.1 Å². The molecule has 0 saturated heterocycles. The number of halogens is 1. The molecule has 1 aliphatic rings. The maximum atomic E-state index is 2.27. The molecular formula is C7H15Br. The van der Waals surface area contributed by atoms with Crippen molar-refractivity contribution in [3.63, 3.8) is 0 Å². The molecule has 1 fully saturated rings. The average molecular weight is 179 g/mol. The van der Waals surface area contributed by atoms with Gasteiger partial charge in [0.1, 0.15) is 0 Å². The second-order valence-corrected chi connectivity index (χ2v) is 2.59. The molecule has 50 valence electrons. The lowest BCUT2D eigenvalue weighted by Gasteiger charge is -1.88. The molecule has 0 bridgehead atoms. The average Bonchev–Trinajstić information content (AvgIpc) is 2.42. The molecule has 0 atom stereocenters. The SMILES string of the molecule is Br.CCCCC1CC1. The highest BCUT2D eigenvalue weighted by atomic mass is 79.9. The third-order valence-corrected chi connectivity index (χ3v) is 1.66. The van der Waals surface area contributed by atoms with Crippen LogP contribution in [-0.4, -0.2) is 0 Å². The molecule has 0 unspecified atom stereocenters. The highest BCUT2D eigenvalue weighted by molar-refractivity contribution is 8.93. The first kappa shape index (κ1) is 8.48. The summed E-state index contributed by atoms with van der Waals surface area (Å²) >= 11 is 0. The fraction of sp³-hybridized carbons (Fsp3) is 1.00. The number of rotatable bonds is 3. The Hall–Kier alpha value is 0.480. The second-order valence-electron chi connectivity index (χ2n) is 2.59. The van der Waals surface area contributed by atoms with Crippen LogP contribution in [0.2, 0.25) is 0 Å². The number of hydrogen-bond donors (Lipinski definition) is 0. The van der Waals surface area contributed by atoms with Crippen molar-refractivity contribution < 1.29 is 0 Å². The second kappa shape index (κ2) is 4.37. The van der Waals surface area contributed by atoms with Crippen LogP contribution in [0.5, 0.6) is 0 Å². The van der Waals surface area contributed by atoms with Crippen molar-refractivity contribution in [2.75, 3.05) is 0 Å². The minimum atomic E-state index is 0. The predicted molar refractivity (Wildman–Crippen MR) is 42.6 cm³/mol. The number of hydrogen-bond acceptors (Lipinski definition) is 0. The van der Waals surface area contributed by atoms with E-state index in [2.05, 4.69) is 6.92 Å². The lowest BCUT2D eigenvalue weighted by molar-refractivity contribution is 0.654. The van der Waals surface area contributed by atoms with Crippen molar-refractivity contribution in [3.8, 4) is 0 Å². The Labute approximate surface area is 62.4 Å². The molecule has 1 saturated carbocycles. The molecule has 8 heavy (non-hydrogen) atoms. The molecule has 0 N–H and O–H groups in total. The summed E-state index contributed by atoms with van der Waals surface area (Å²) in [4.78, 5) is 0. The summed E-state index contributed by atoms with van der Waals surface area (Å²) in [5, 5.41) is 0. The molecule has 0 aromatic rings. The molecule has 0 amide bonds. The van der Waals surface area contributed by atoms with Crippen LogP contribution in [-0.2, 0) is 0 Å². The molecule has 0 heterocycles. The van der Waals surface area contributed by atoms with Crippen molar-refractivity contribution in [3.05, 3.63) is 0 Å². The standard InChI is InChI=1S/C7H14.BrH/c1-2-3-4-7-5-6-7;/h7H,2-6H2,1H3;1H. The highest BCUT2D eigenvalue weighted by Gasteiger charge is 2.19. The lowest BCUT2D eigenvalue weighted by Crippen LogP contribution is -1.72. The van der Waals surface area contributed by atoms with Gasteiger partial charge < -0.3 is 0 Å². The van der Waals surface area contributed by atoms with Gasteiger partial charge >= 0.3 is 0 Å². The zero-order valence-electron chi connectivity index (χ0n) is 5.52. The maximum Gasteiger partial charge on any atom is -0.0414 e. The molecular weight excluding hydrogens is 164 g/mol. The van der Waals surface area contributed by atoms with Crippen LogP contribution in [0, 0.1) is 5.92 Å². The largest absolute Gasteiger partial charge is 0.114 e. The van der Waals surface area contributed by atoms with Crippen LogP contribution in [0.1, 0.15) is 39.0 Å². The van der Waals surface area contributed by atoms with E-state index in [0.717, 1.165) is 5.92 Å². The van der Waals surface area contributed by atoms with Crippen LogP contribution in [0.4, 0.5) is 0 Å². The summed E-state index contributed by atoms with van der Waals surface area (Å²) < 4.78 is 0. The maximum absolute atomic E-state index is 2.27. The molecule has 0 aromatic heterocycles. The molecule has 0 aliphatic heterocycles. The van der Waals surface area contributed by atoms with Crippen LogP contribution in [0.3, 0.4) is 0 Å². The van der Waals surface area contributed by atoms with Crippen LogP contribution >= 0.6 is 17.0 Å². The molecule has 0 radical (unpaired) electrons. The molecule has 0 nitrogen and oxygen atoms in total. The molecule has 1 heteroatoms. The third-order valence-electron chi connectivity index (χ3n) is 1.66. The van der Waals surface area contributed by atoms with E-state index in [4.69, 9.17) is 0 Å². The lowest BCUT2D eigenvalue weighted by atomic mass is 10.2. The van der Waals surface area contributed by atoms with Gasteiger partial charge in [-0.1, -0.05) is 39.0 Å². The zero-order valence-corrected chi connectivity index (χ0v) is 7.23. The van der Waals surface area contributed by atoms with E-state index in [0.29, 0.717) is 0 Å². The van der Waals surface area contributed by atoms with Gasteiger partial charge in [0, 0.05) is 0 Å². The first-order valence-corrected chi connectivity index (χ1v) is 3.43. The van der Waals surface area contributed by atoms with Crippen molar-refractivity contribution >= 4 is 17.0 Å². The first-order chi connectivity index (χ1) is 3.43. The monoisotopic (exact) mass is 178 g/mol. The topological polar surface area (TPSA) is 0 Å². The van der Waals surface area contributed by atoms with E-state index in [1.807, 2.05) is 0 Å². The predicted octanol–water partition coefficient (Wildman–Crippen LogP) is 3.16. The summed E-state index contributed by atoms with van der Waals surface area (Å²) in [6.07, 6.45) is 7.41. The highest BCUT2D eigenvalue weighted by Crippen LogP contribution is 2.33. The van der Waals surface area contributed by atoms with Gasteiger partial charge in [-0.05, 0) is 5.92 Å². The van der Waals surface area contributed by atoms with E-state index >= 15 is 0 Å². The molecule has 1 aliphatic carbocycles. The van der Waals surface area contributed by atoms with Gasteiger partial charge in [-0.25, -0.2) is 0 Å². The van der Waals surface area contributed by atoms with Gasteiger partial charge in [0.2, 0.25) is 0 Å². The van der Waals surface area contributed by atoms with Crippen LogP contribution < -0.4 is 0 Å². The van der Waals surface area contributed by atoms with Gasteiger partial charge in [0.05, 0.1) is 0 Å². The van der Waals surface area contributed by atoms with Gasteiger partial charge in [0.15, 0.2) is 0 Å². The van der Waals surface area contributed by atoms with Gasteiger partial charge in [-0.3, -0.25) is 0 Å².